The van der Waals surface area contributed by atoms with Gasteiger partial charge in [-0.05, 0) is 24.3 Å². The summed E-state index contributed by atoms with van der Waals surface area (Å²) in [6.45, 7) is 0. The minimum atomic E-state index is -0.403. The van der Waals surface area contributed by atoms with E-state index in [9.17, 15) is 10.1 Å². The van der Waals surface area contributed by atoms with Gasteiger partial charge in [-0.15, -0.1) is 0 Å². The lowest BCUT2D eigenvalue weighted by Gasteiger charge is -2.02. The van der Waals surface area contributed by atoms with Crippen LogP contribution < -0.4 is 4.74 Å². The summed E-state index contributed by atoms with van der Waals surface area (Å²) < 4.78 is 5.02. The SMILES string of the molecule is COc1ccc([N+](=O)[O-])c(C=CCCS)c1. The van der Waals surface area contributed by atoms with Crippen LogP contribution >= 0.6 is 12.6 Å². The molecule has 1 aromatic rings. The molecule has 0 N–H and O–H groups in total. The quantitative estimate of drug-likeness (QED) is 0.488. The molecule has 0 aliphatic rings. The summed E-state index contributed by atoms with van der Waals surface area (Å²) >= 11 is 4.06. The number of rotatable bonds is 5. The summed E-state index contributed by atoms with van der Waals surface area (Å²) in [6.07, 6.45) is 4.35. The van der Waals surface area contributed by atoms with Crippen LogP contribution in [-0.4, -0.2) is 17.8 Å². The Morgan fingerprint density at radius 3 is 2.88 bits per heavy atom. The molecule has 0 spiro atoms. The van der Waals surface area contributed by atoms with Crippen LogP contribution in [0.2, 0.25) is 0 Å². The van der Waals surface area contributed by atoms with E-state index in [4.69, 9.17) is 4.74 Å². The number of nitro groups is 1. The highest BCUT2D eigenvalue weighted by Crippen LogP contribution is 2.25. The van der Waals surface area contributed by atoms with Crippen LogP contribution in [0.5, 0.6) is 5.75 Å². The molecule has 0 amide bonds. The Morgan fingerprint density at radius 1 is 1.56 bits per heavy atom. The molecule has 0 heterocycles. The minimum Gasteiger partial charge on any atom is -0.497 e. The molecule has 0 aromatic heterocycles. The zero-order chi connectivity index (χ0) is 12.0. The third-order valence-electron chi connectivity index (χ3n) is 2.02. The van der Waals surface area contributed by atoms with E-state index in [1.807, 2.05) is 6.08 Å². The van der Waals surface area contributed by atoms with Gasteiger partial charge in [-0.3, -0.25) is 10.1 Å². The normalized spacial score (nSPS) is 10.6. The number of methoxy groups -OCH3 is 1. The maximum absolute atomic E-state index is 10.8. The van der Waals surface area contributed by atoms with Gasteiger partial charge < -0.3 is 4.74 Å². The monoisotopic (exact) mass is 239 g/mol. The average molecular weight is 239 g/mol. The van der Waals surface area contributed by atoms with Crippen LogP contribution in [0.15, 0.2) is 24.3 Å². The molecule has 0 aliphatic heterocycles. The van der Waals surface area contributed by atoms with Crippen molar-refractivity contribution >= 4 is 24.4 Å². The highest BCUT2D eigenvalue weighted by molar-refractivity contribution is 7.80. The van der Waals surface area contributed by atoms with Gasteiger partial charge in [0.1, 0.15) is 5.75 Å². The average Bonchev–Trinajstić information content (AvgIpc) is 2.29. The van der Waals surface area contributed by atoms with Crippen LogP contribution in [0, 0.1) is 10.1 Å². The van der Waals surface area contributed by atoms with Crippen molar-refractivity contribution in [2.45, 2.75) is 6.42 Å². The van der Waals surface area contributed by atoms with Gasteiger partial charge in [-0.2, -0.15) is 12.6 Å². The number of thiol groups is 1. The Bertz CT molecular complexity index is 404. The summed E-state index contributed by atoms with van der Waals surface area (Å²) in [6, 6.07) is 4.67. The van der Waals surface area contributed by atoms with Gasteiger partial charge in [0.05, 0.1) is 17.6 Å². The van der Waals surface area contributed by atoms with Gasteiger partial charge >= 0.3 is 0 Å². The maximum Gasteiger partial charge on any atom is 0.276 e. The second kappa shape index (κ2) is 6.17. The first-order valence-corrected chi connectivity index (χ1v) is 5.42. The topological polar surface area (TPSA) is 52.4 Å². The van der Waals surface area contributed by atoms with Crippen molar-refractivity contribution in [1.29, 1.82) is 0 Å². The molecule has 0 aliphatic carbocycles. The molecule has 0 bridgehead atoms. The predicted molar refractivity (Wildman–Crippen MR) is 67.2 cm³/mol. The largest absolute Gasteiger partial charge is 0.497 e. The standard InChI is InChI=1S/C11H13NO3S/c1-15-10-5-6-11(12(13)14)9(8-10)4-2-3-7-16/h2,4-6,8,16H,3,7H2,1H3. The van der Waals surface area contributed by atoms with Crippen molar-refractivity contribution in [3.63, 3.8) is 0 Å². The number of nitro benzene ring substituents is 1. The number of ether oxygens (including phenoxy) is 1. The number of hydrogen-bond donors (Lipinski definition) is 1. The Balaban J connectivity index is 3.05. The van der Waals surface area contributed by atoms with E-state index in [0.717, 1.165) is 6.42 Å². The Kier molecular flexibility index (Phi) is 4.85. The molecule has 5 heteroatoms. The highest BCUT2D eigenvalue weighted by Gasteiger charge is 2.11. The molecule has 0 radical (unpaired) electrons. The summed E-state index contributed by atoms with van der Waals surface area (Å²) in [5, 5.41) is 10.8. The van der Waals surface area contributed by atoms with Gasteiger partial charge in [0.15, 0.2) is 0 Å². The maximum atomic E-state index is 10.8. The second-order valence-electron chi connectivity index (χ2n) is 3.10. The highest BCUT2D eigenvalue weighted by atomic mass is 32.1. The van der Waals surface area contributed by atoms with Crippen LogP contribution in [-0.2, 0) is 0 Å². The molecule has 16 heavy (non-hydrogen) atoms. The lowest BCUT2D eigenvalue weighted by atomic mass is 10.1. The predicted octanol–water partition coefficient (Wildman–Crippen LogP) is 2.94. The molecule has 86 valence electrons. The van der Waals surface area contributed by atoms with Gasteiger partial charge in [-0.1, -0.05) is 12.2 Å². The number of benzene rings is 1. The molecule has 1 aromatic carbocycles. The number of hydrogen-bond acceptors (Lipinski definition) is 4. The van der Waals surface area contributed by atoms with E-state index in [1.165, 1.54) is 13.2 Å². The summed E-state index contributed by atoms with van der Waals surface area (Å²) in [4.78, 5) is 10.4. The van der Waals surface area contributed by atoms with E-state index < -0.39 is 4.92 Å². The van der Waals surface area contributed by atoms with Gasteiger partial charge in [0, 0.05) is 6.07 Å². The fraction of sp³-hybridized carbons (Fsp3) is 0.273. The van der Waals surface area contributed by atoms with E-state index in [0.29, 0.717) is 17.1 Å². The van der Waals surface area contributed by atoms with Crippen molar-refractivity contribution in [3.05, 3.63) is 40.0 Å². The van der Waals surface area contributed by atoms with E-state index >= 15 is 0 Å². The van der Waals surface area contributed by atoms with E-state index in [2.05, 4.69) is 12.6 Å². The summed E-state index contributed by atoms with van der Waals surface area (Å²) in [5.41, 5.74) is 0.627. The first-order chi connectivity index (χ1) is 7.69. The van der Waals surface area contributed by atoms with E-state index in [-0.39, 0.29) is 5.69 Å². The molecular weight excluding hydrogens is 226 g/mol. The summed E-state index contributed by atoms with van der Waals surface area (Å²) in [7, 11) is 1.53. The lowest BCUT2D eigenvalue weighted by Crippen LogP contribution is -1.92. The first-order valence-electron chi connectivity index (χ1n) is 4.79. The summed E-state index contributed by atoms with van der Waals surface area (Å²) in [5.74, 6) is 1.32. The zero-order valence-electron chi connectivity index (χ0n) is 8.92. The first kappa shape index (κ1) is 12.6. The molecule has 0 atom stereocenters. The van der Waals surface area contributed by atoms with E-state index in [1.54, 1.807) is 18.2 Å². The van der Waals surface area contributed by atoms with Gasteiger partial charge in [0.25, 0.3) is 5.69 Å². The number of nitrogens with zero attached hydrogens (tertiary/aromatic N) is 1. The Morgan fingerprint density at radius 2 is 2.31 bits per heavy atom. The van der Waals surface area contributed by atoms with Crippen molar-refractivity contribution < 1.29 is 9.66 Å². The fourth-order valence-electron chi connectivity index (χ4n) is 1.24. The van der Waals surface area contributed by atoms with Crippen molar-refractivity contribution in [2.75, 3.05) is 12.9 Å². The van der Waals surface area contributed by atoms with Crippen molar-refractivity contribution in [2.24, 2.45) is 0 Å². The third kappa shape index (κ3) is 3.27. The van der Waals surface area contributed by atoms with Crippen LogP contribution in [0.1, 0.15) is 12.0 Å². The molecule has 0 fully saturated rings. The van der Waals surface area contributed by atoms with Crippen LogP contribution in [0.25, 0.3) is 6.08 Å². The molecule has 1 rings (SSSR count). The molecular formula is C11H13NO3S. The van der Waals surface area contributed by atoms with Crippen LogP contribution in [0.4, 0.5) is 5.69 Å². The Labute approximate surface area is 99.5 Å². The molecule has 4 nitrogen and oxygen atoms in total. The molecule has 0 saturated carbocycles. The lowest BCUT2D eigenvalue weighted by molar-refractivity contribution is -0.385. The Hall–Kier alpha value is -1.49. The molecule has 0 unspecified atom stereocenters. The fourth-order valence-corrected chi connectivity index (χ4v) is 1.39. The smallest absolute Gasteiger partial charge is 0.276 e. The minimum absolute atomic E-state index is 0.0798. The van der Waals surface area contributed by atoms with Crippen molar-refractivity contribution in [1.82, 2.24) is 0 Å². The van der Waals surface area contributed by atoms with Gasteiger partial charge in [-0.25, -0.2) is 0 Å². The number of allylic oxidation sites excluding steroid dienone is 1. The van der Waals surface area contributed by atoms with Crippen molar-refractivity contribution in [3.8, 4) is 5.75 Å². The third-order valence-corrected chi connectivity index (χ3v) is 2.28. The van der Waals surface area contributed by atoms with Gasteiger partial charge in [0.2, 0.25) is 0 Å². The molecule has 0 saturated heterocycles. The zero-order valence-corrected chi connectivity index (χ0v) is 9.81. The van der Waals surface area contributed by atoms with Crippen LogP contribution in [0.3, 0.4) is 0 Å². The second-order valence-corrected chi connectivity index (χ2v) is 3.54.